The second-order valence-corrected chi connectivity index (χ2v) is 13.5. The number of fused-ring (bicyclic) bond motifs is 3. The fourth-order valence-electron chi connectivity index (χ4n) is 6.03. The first-order valence-electron chi connectivity index (χ1n) is 14.5. The van der Waals surface area contributed by atoms with Gasteiger partial charge in [0.2, 0.25) is 5.02 Å². The molecule has 40 heavy (non-hydrogen) atoms. The maximum absolute atomic E-state index is 13.3. The van der Waals surface area contributed by atoms with Crippen molar-refractivity contribution in [3.05, 3.63) is 70.3 Å². The van der Waals surface area contributed by atoms with Gasteiger partial charge in [-0.05, 0) is 79.7 Å². The molecular formula is C32H41ClN2O4S. The number of hydrogen-bond donors (Lipinski definition) is 0. The minimum Gasteiger partial charge on any atom is -0.491 e. The second-order valence-electron chi connectivity index (χ2n) is 11.5. The second kappa shape index (κ2) is 13.1. The smallest absolute Gasteiger partial charge is 0.254 e. The topological polar surface area (TPSA) is 68.2 Å². The Kier molecular flexibility index (Phi) is 9.54. The molecule has 1 aliphatic carbocycles. The lowest BCUT2D eigenvalue weighted by atomic mass is 9.70. The van der Waals surface area contributed by atoms with E-state index in [0.29, 0.717) is 30.6 Å². The Labute approximate surface area is 245 Å². The van der Waals surface area contributed by atoms with Gasteiger partial charge in [-0.1, -0.05) is 43.2 Å². The zero-order chi connectivity index (χ0) is 28.2. The Hall–Kier alpha value is -2.35. The average Bonchev–Trinajstić information content (AvgIpc) is 2.96. The number of aryl methyl sites for hydroxylation is 1. The number of amides is 1. The number of carbonyl (C=O) groups excluding carboxylic acids is 1. The van der Waals surface area contributed by atoms with Crippen molar-refractivity contribution in [3.63, 3.8) is 0 Å². The maximum Gasteiger partial charge on any atom is 0.254 e. The Morgan fingerprint density at radius 3 is 2.73 bits per heavy atom. The summed E-state index contributed by atoms with van der Waals surface area (Å²) in [6.45, 7) is 6.07. The van der Waals surface area contributed by atoms with Gasteiger partial charge < -0.3 is 22.9 Å². The summed E-state index contributed by atoms with van der Waals surface area (Å²) < 4.78 is 29.5. The zero-order valence-electron chi connectivity index (χ0n) is 23.7. The number of methoxy groups -OCH3 is 1. The van der Waals surface area contributed by atoms with Gasteiger partial charge >= 0.3 is 0 Å². The van der Waals surface area contributed by atoms with E-state index >= 15 is 0 Å². The molecule has 2 aliphatic heterocycles. The highest BCUT2D eigenvalue weighted by molar-refractivity contribution is 7.75. The van der Waals surface area contributed by atoms with Crippen LogP contribution in [0.1, 0.15) is 67.4 Å². The molecule has 0 spiro atoms. The SMILES string of the molecule is CO[C@H]1/C=C/C[C@H](C)[C@@H](C)[S-](=O)=NC(=O)c2ccc3c(c2)N(Cc2ccc([ClH+])cc2CCCCO3)C[C@@H]2CC[C@H]21. The molecule has 5 rings (SSSR count). The lowest BCUT2D eigenvalue weighted by Gasteiger charge is -2.43. The number of benzene rings is 2. The first-order chi connectivity index (χ1) is 19.3. The summed E-state index contributed by atoms with van der Waals surface area (Å²) in [5.74, 6) is 1.28. The molecule has 0 radical (unpaired) electrons. The lowest BCUT2D eigenvalue weighted by molar-refractivity contribution is -0.289. The minimum atomic E-state index is -1.63. The van der Waals surface area contributed by atoms with Crippen molar-refractivity contribution < 1.29 is 30.1 Å². The first-order valence-corrected chi connectivity index (χ1v) is 16.1. The van der Waals surface area contributed by atoms with Crippen LogP contribution in [0.15, 0.2) is 52.9 Å². The quantitative estimate of drug-likeness (QED) is 0.286. The molecule has 2 aromatic rings. The van der Waals surface area contributed by atoms with Crippen LogP contribution >= 0.6 is 0 Å². The van der Waals surface area contributed by atoms with E-state index < -0.39 is 16.5 Å². The molecule has 1 fully saturated rings. The van der Waals surface area contributed by atoms with Crippen molar-refractivity contribution in [1.82, 2.24) is 0 Å². The number of carbonyl (C=O) groups is 1. The van der Waals surface area contributed by atoms with Gasteiger partial charge in [-0.15, -0.1) is 0 Å². The molecule has 5 atom stereocenters. The molecule has 0 unspecified atom stereocenters. The van der Waals surface area contributed by atoms with E-state index in [9.17, 15) is 9.00 Å². The van der Waals surface area contributed by atoms with Crippen LogP contribution in [0.2, 0.25) is 5.02 Å². The summed E-state index contributed by atoms with van der Waals surface area (Å²) in [5.41, 5.74) is 3.85. The molecule has 2 bridgehead atoms. The number of nitrogens with zero attached hydrogens (tertiary/aromatic N) is 2. The third kappa shape index (κ3) is 6.58. The van der Waals surface area contributed by atoms with Crippen molar-refractivity contribution in [2.24, 2.45) is 22.1 Å². The van der Waals surface area contributed by atoms with Gasteiger partial charge in [-0.2, -0.15) is 10.6 Å². The maximum atomic E-state index is 13.3. The largest absolute Gasteiger partial charge is 0.491 e. The number of ether oxygens (including phenoxy) is 2. The predicted octanol–water partition coefficient (Wildman–Crippen LogP) is 6.42. The molecular weight excluding hydrogens is 544 g/mol. The van der Waals surface area contributed by atoms with Crippen LogP contribution in [-0.2, 0) is 32.5 Å². The van der Waals surface area contributed by atoms with Gasteiger partial charge in [0.1, 0.15) is 5.75 Å². The monoisotopic (exact) mass is 584 g/mol. The first kappa shape index (κ1) is 29.2. The highest BCUT2D eigenvalue weighted by atomic mass is 35.5. The molecule has 0 N–H and O–H groups in total. The van der Waals surface area contributed by atoms with Crippen LogP contribution < -0.4 is 9.64 Å². The number of allylic oxidation sites excluding steroid dienone is 1. The Bertz CT molecular complexity index is 1340. The van der Waals surface area contributed by atoms with Crippen LogP contribution in [0.25, 0.3) is 0 Å². The molecule has 1 amide bonds. The van der Waals surface area contributed by atoms with Gasteiger partial charge in [0, 0.05) is 37.9 Å². The Morgan fingerprint density at radius 1 is 1.10 bits per heavy atom. The van der Waals surface area contributed by atoms with Crippen molar-refractivity contribution >= 4 is 22.2 Å². The molecule has 6 nitrogen and oxygen atoms in total. The number of hydrogen-bond acceptors (Lipinski definition) is 6. The number of anilines is 1. The standard InChI is InChI=1S/C32H41ClN2O4S/c1-21-7-6-9-30(38-3)28-14-11-26(28)20-35-19-25-10-13-27(33)17-23(25)8-4-5-16-39-31-15-12-24(18-29(31)35)32(36)34-40(37)22(21)2/h6,9-10,12-13,15,17-18,21-22,26,28,30,33H,4-5,7-8,11,14,16,19-20H2,1-3H3/b9-6+/t21-,22+,26-,28+,30-/m0/s1. The van der Waals surface area contributed by atoms with Crippen LogP contribution in [-0.4, -0.2) is 37.5 Å². The lowest BCUT2D eigenvalue weighted by Crippen LogP contribution is -2.43. The highest BCUT2D eigenvalue weighted by Gasteiger charge is 2.38. The van der Waals surface area contributed by atoms with Gasteiger partial charge in [0.25, 0.3) is 5.91 Å². The van der Waals surface area contributed by atoms with E-state index in [2.05, 4.69) is 40.5 Å². The zero-order valence-corrected chi connectivity index (χ0v) is 25.3. The third-order valence-corrected chi connectivity index (χ3v) is 10.6. The van der Waals surface area contributed by atoms with Gasteiger partial charge in [0.05, 0.1) is 18.4 Å². The number of halogens is 1. The summed E-state index contributed by atoms with van der Waals surface area (Å²) in [7, 11) is 0.160. The Balaban J connectivity index is 1.62. The van der Waals surface area contributed by atoms with Crippen LogP contribution in [0.5, 0.6) is 5.75 Å². The van der Waals surface area contributed by atoms with E-state index in [1.807, 2.05) is 25.1 Å². The van der Waals surface area contributed by atoms with Gasteiger partial charge in [-0.25, -0.2) is 0 Å². The average molecular weight is 585 g/mol. The van der Waals surface area contributed by atoms with Crippen molar-refractivity contribution in [2.75, 3.05) is 25.2 Å². The van der Waals surface area contributed by atoms with Gasteiger partial charge in [-0.3, -0.25) is 4.79 Å². The normalized spacial score (nSPS) is 29.1. The molecule has 2 aromatic carbocycles. The summed E-state index contributed by atoms with van der Waals surface area (Å²) in [5, 5.41) is 0.614. The molecule has 0 aromatic heterocycles. The van der Waals surface area contributed by atoms with Crippen LogP contribution in [0.3, 0.4) is 0 Å². The van der Waals surface area contributed by atoms with Crippen molar-refractivity contribution in [1.29, 1.82) is 0 Å². The summed E-state index contributed by atoms with van der Waals surface area (Å²) in [6.07, 6.45) is 10.3. The molecule has 216 valence electrons. The van der Waals surface area contributed by atoms with E-state index in [-0.39, 0.29) is 17.3 Å². The molecule has 0 saturated heterocycles. The summed E-state index contributed by atoms with van der Waals surface area (Å²) in [6, 6.07) is 11.8. The summed E-state index contributed by atoms with van der Waals surface area (Å²) in [4.78, 5) is 15.6. The van der Waals surface area contributed by atoms with E-state index in [0.717, 1.165) is 61.5 Å². The van der Waals surface area contributed by atoms with E-state index in [4.69, 9.17) is 21.1 Å². The fraction of sp³-hybridized carbons (Fsp3) is 0.531. The van der Waals surface area contributed by atoms with Crippen molar-refractivity contribution in [3.8, 4) is 5.75 Å². The molecule has 3 aliphatic rings. The van der Waals surface area contributed by atoms with E-state index in [1.54, 1.807) is 13.2 Å². The van der Waals surface area contributed by atoms with E-state index in [1.165, 1.54) is 11.1 Å². The minimum absolute atomic E-state index is 0.0342. The molecule has 8 heteroatoms. The van der Waals surface area contributed by atoms with Crippen LogP contribution in [0.4, 0.5) is 5.69 Å². The fourth-order valence-corrected chi connectivity index (χ4v) is 7.18. The summed E-state index contributed by atoms with van der Waals surface area (Å²) >= 11 is 5.51. The van der Waals surface area contributed by atoms with Crippen molar-refractivity contribution in [2.45, 2.75) is 70.3 Å². The van der Waals surface area contributed by atoms with Crippen LogP contribution in [0, 0.1) is 29.4 Å². The third-order valence-electron chi connectivity index (χ3n) is 8.93. The van der Waals surface area contributed by atoms with Gasteiger partial charge in [0.15, 0.2) is 11.6 Å². The Morgan fingerprint density at radius 2 is 1.95 bits per heavy atom. The molecule has 1 saturated carbocycles. The predicted molar refractivity (Wildman–Crippen MR) is 157 cm³/mol. The number of rotatable bonds is 1. The highest BCUT2D eigenvalue weighted by Crippen LogP contribution is 2.42. The molecule has 2 heterocycles.